The lowest BCUT2D eigenvalue weighted by Gasteiger charge is -2.15. The first-order valence-corrected chi connectivity index (χ1v) is 10.1. The lowest BCUT2D eigenvalue weighted by Crippen LogP contribution is -2.19. The fourth-order valence-electron chi connectivity index (χ4n) is 2.69. The molecule has 0 atom stereocenters. The molecule has 0 aliphatic rings. The second-order valence-electron chi connectivity index (χ2n) is 6.12. The van der Waals surface area contributed by atoms with Gasteiger partial charge in [0.15, 0.2) is 0 Å². The van der Waals surface area contributed by atoms with Gasteiger partial charge in [-0.2, -0.15) is 0 Å². The van der Waals surface area contributed by atoms with Gasteiger partial charge in [-0.3, -0.25) is 14.5 Å². The molecule has 1 aromatic carbocycles. The smallest absolute Gasteiger partial charge is 0.273 e. The number of aromatic nitrogens is 2. The molecule has 3 aromatic rings. The van der Waals surface area contributed by atoms with Gasteiger partial charge in [0, 0.05) is 48.7 Å². The summed E-state index contributed by atoms with van der Waals surface area (Å²) in [6, 6.07) is 10.0. The van der Waals surface area contributed by atoms with Gasteiger partial charge in [-0.25, -0.2) is 8.42 Å². The molecule has 0 spiro atoms. The number of hydrogen-bond acceptors (Lipinski definition) is 6. The van der Waals surface area contributed by atoms with E-state index in [1.165, 1.54) is 4.57 Å². The number of pyridine rings is 2. The first-order chi connectivity index (χ1) is 13.8. The van der Waals surface area contributed by atoms with Crippen LogP contribution in [0.5, 0.6) is 11.5 Å². The third-order valence-corrected chi connectivity index (χ3v) is 5.04. The zero-order chi connectivity index (χ0) is 21.0. The Balaban J connectivity index is 2.16. The van der Waals surface area contributed by atoms with Gasteiger partial charge in [-0.1, -0.05) is 6.58 Å². The van der Waals surface area contributed by atoms with Crippen LogP contribution in [0, 0.1) is 0 Å². The fraction of sp³-hybridized carbons (Fsp3) is 0.100. The minimum atomic E-state index is -3.68. The highest BCUT2D eigenvalue weighted by molar-refractivity contribution is 7.95. The number of nitrogens with one attached hydrogen (secondary N) is 2. The van der Waals surface area contributed by atoms with Crippen LogP contribution >= 0.6 is 0 Å². The van der Waals surface area contributed by atoms with Gasteiger partial charge < -0.3 is 14.6 Å². The van der Waals surface area contributed by atoms with Gasteiger partial charge in [0.2, 0.25) is 0 Å². The van der Waals surface area contributed by atoms with Gasteiger partial charge >= 0.3 is 0 Å². The molecule has 2 heterocycles. The van der Waals surface area contributed by atoms with Crippen LogP contribution in [0.3, 0.4) is 0 Å². The summed E-state index contributed by atoms with van der Waals surface area (Å²) >= 11 is 0. The van der Waals surface area contributed by atoms with Crippen LogP contribution < -0.4 is 20.3 Å². The molecule has 2 aromatic heterocycles. The molecule has 0 radical (unpaired) electrons. The number of nitrogens with zero attached hydrogens (tertiary/aromatic N) is 2. The van der Waals surface area contributed by atoms with Crippen LogP contribution in [-0.4, -0.2) is 25.0 Å². The van der Waals surface area contributed by atoms with E-state index in [2.05, 4.69) is 21.6 Å². The van der Waals surface area contributed by atoms with E-state index in [1.807, 2.05) is 0 Å². The Kier molecular flexibility index (Phi) is 5.69. The fourth-order valence-corrected chi connectivity index (χ4v) is 3.23. The van der Waals surface area contributed by atoms with E-state index in [1.54, 1.807) is 69.1 Å². The molecule has 2 N–H and O–H groups in total. The van der Waals surface area contributed by atoms with Crippen molar-refractivity contribution in [3.8, 4) is 22.6 Å². The third kappa shape index (κ3) is 4.64. The number of benzene rings is 1. The average molecular weight is 412 g/mol. The van der Waals surface area contributed by atoms with Gasteiger partial charge in [0.1, 0.15) is 17.2 Å². The van der Waals surface area contributed by atoms with E-state index in [9.17, 15) is 13.2 Å². The molecule has 8 nitrogen and oxygen atoms in total. The Labute approximate surface area is 168 Å². The Hall–Kier alpha value is -3.59. The van der Waals surface area contributed by atoms with Crippen molar-refractivity contribution >= 4 is 21.4 Å². The summed E-state index contributed by atoms with van der Waals surface area (Å²) in [4.78, 5) is 16.2. The van der Waals surface area contributed by atoms with Crippen molar-refractivity contribution in [2.45, 2.75) is 0 Å². The van der Waals surface area contributed by atoms with Crippen molar-refractivity contribution in [2.75, 3.05) is 17.1 Å². The predicted octanol–water partition coefficient (Wildman–Crippen LogP) is 3.17. The van der Waals surface area contributed by atoms with Gasteiger partial charge in [0.25, 0.3) is 15.6 Å². The van der Waals surface area contributed by atoms with Crippen LogP contribution in [0.25, 0.3) is 11.1 Å². The van der Waals surface area contributed by atoms with E-state index in [-0.39, 0.29) is 5.56 Å². The van der Waals surface area contributed by atoms with Crippen molar-refractivity contribution in [1.82, 2.24) is 9.55 Å². The van der Waals surface area contributed by atoms with Crippen molar-refractivity contribution < 1.29 is 13.2 Å². The normalized spacial score (nSPS) is 11.0. The highest BCUT2D eigenvalue weighted by Crippen LogP contribution is 2.36. The molecular weight excluding hydrogens is 392 g/mol. The van der Waals surface area contributed by atoms with Crippen molar-refractivity contribution in [1.29, 1.82) is 0 Å². The molecule has 0 bridgehead atoms. The molecule has 0 saturated heterocycles. The lowest BCUT2D eigenvalue weighted by molar-refractivity contribution is 0.482. The predicted molar refractivity (Wildman–Crippen MR) is 114 cm³/mol. The van der Waals surface area contributed by atoms with Crippen LogP contribution in [0.15, 0.2) is 71.8 Å². The zero-order valence-electron chi connectivity index (χ0n) is 15.9. The summed E-state index contributed by atoms with van der Waals surface area (Å²) in [6.07, 6.45) is 4.85. The van der Waals surface area contributed by atoms with E-state index in [0.717, 1.165) is 5.41 Å². The number of rotatable bonds is 7. The maximum atomic E-state index is 12.2. The molecule has 3 rings (SSSR count). The number of ether oxygens (including phenoxy) is 1. The number of aryl methyl sites for hydroxylation is 1. The quantitative estimate of drug-likeness (QED) is 0.618. The largest absolute Gasteiger partial charge is 0.455 e. The highest BCUT2D eigenvalue weighted by Gasteiger charge is 2.14. The summed E-state index contributed by atoms with van der Waals surface area (Å²) in [5.41, 5.74) is 1.79. The standard InChI is InChI=1S/C20H20N4O4S/c1-4-29(26,27)23-15-7-8-19(28-16-6-5-9-22-12-16)17(11-15)14-10-18(21-2)20(25)24(3)13-14/h4-13,21,23H,1H2,2-3H3. The minimum Gasteiger partial charge on any atom is -0.455 e. The Morgan fingerprint density at radius 2 is 2.03 bits per heavy atom. The molecule has 9 heteroatoms. The number of sulfonamides is 1. The van der Waals surface area contributed by atoms with E-state index >= 15 is 0 Å². The second-order valence-corrected chi connectivity index (χ2v) is 7.75. The molecular formula is C20H20N4O4S. The third-order valence-electron chi connectivity index (χ3n) is 4.08. The summed E-state index contributed by atoms with van der Waals surface area (Å²) in [5.74, 6) is 0.993. The van der Waals surface area contributed by atoms with Gasteiger partial charge in [-0.15, -0.1) is 0 Å². The molecule has 0 amide bonds. The maximum absolute atomic E-state index is 12.2. The van der Waals surface area contributed by atoms with E-state index in [4.69, 9.17) is 4.74 Å². The molecule has 29 heavy (non-hydrogen) atoms. The number of anilines is 2. The molecule has 150 valence electrons. The van der Waals surface area contributed by atoms with Crippen molar-refractivity contribution in [3.05, 3.63) is 77.3 Å². The molecule has 0 aliphatic heterocycles. The summed E-state index contributed by atoms with van der Waals surface area (Å²) < 4.78 is 33.6. The molecule has 0 aliphatic carbocycles. The second kappa shape index (κ2) is 8.19. The first-order valence-electron chi connectivity index (χ1n) is 8.59. The summed E-state index contributed by atoms with van der Waals surface area (Å²) in [5, 5.41) is 3.70. The zero-order valence-corrected chi connectivity index (χ0v) is 16.7. The van der Waals surface area contributed by atoms with E-state index < -0.39 is 10.0 Å². The number of hydrogen-bond donors (Lipinski definition) is 2. The highest BCUT2D eigenvalue weighted by atomic mass is 32.2. The Morgan fingerprint density at radius 1 is 1.24 bits per heavy atom. The summed E-state index contributed by atoms with van der Waals surface area (Å²) in [7, 11) is -0.383. The molecule has 0 fully saturated rings. The van der Waals surface area contributed by atoms with Crippen LogP contribution in [0.2, 0.25) is 0 Å². The van der Waals surface area contributed by atoms with Crippen molar-refractivity contribution in [3.63, 3.8) is 0 Å². The summed E-state index contributed by atoms with van der Waals surface area (Å²) in [6.45, 7) is 3.30. The Morgan fingerprint density at radius 3 is 2.69 bits per heavy atom. The molecule has 0 saturated carbocycles. The lowest BCUT2D eigenvalue weighted by atomic mass is 10.0. The average Bonchev–Trinajstić information content (AvgIpc) is 2.71. The monoisotopic (exact) mass is 412 g/mol. The minimum absolute atomic E-state index is 0.186. The van der Waals surface area contributed by atoms with Crippen molar-refractivity contribution in [2.24, 2.45) is 7.05 Å². The maximum Gasteiger partial charge on any atom is 0.273 e. The Bertz CT molecular complexity index is 1200. The topological polar surface area (TPSA) is 102 Å². The van der Waals surface area contributed by atoms with E-state index in [0.29, 0.717) is 34.0 Å². The first kappa shape index (κ1) is 20.2. The van der Waals surface area contributed by atoms with Gasteiger partial charge in [0.05, 0.1) is 6.20 Å². The van der Waals surface area contributed by atoms with Crippen LogP contribution in [0.1, 0.15) is 0 Å². The van der Waals surface area contributed by atoms with Crippen LogP contribution in [0.4, 0.5) is 11.4 Å². The molecule has 0 unspecified atom stereocenters. The van der Waals surface area contributed by atoms with Crippen LogP contribution in [-0.2, 0) is 17.1 Å². The SMILES string of the molecule is C=CS(=O)(=O)Nc1ccc(Oc2cccnc2)c(-c2cc(NC)c(=O)n(C)c2)c1. The van der Waals surface area contributed by atoms with Gasteiger partial charge in [-0.05, 0) is 36.4 Å².